The third-order valence-corrected chi connectivity index (χ3v) is 7.27. The monoisotopic (exact) mass is 408 g/mol. The third-order valence-electron chi connectivity index (χ3n) is 5.34. The van der Waals surface area contributed by atoms with Gasteiger partial charge in [-0.2, -0.15) is 21.0 Å². The quantitative estimate of drug-likeness (QED) is 0.135. The van der Waals surface area contributed by atoms with Crippen LogP contribution in [-0.4, -0.2) is 23.5 Å². The minimum absolute atomic E-state index is 0.249. The van der Waals surface area contributed by atoms with Crippen LogP contribution in [0.2, 0.25) is 0 Å². The fourth-order valence-corrected chi connectivity index (χ4v) is 4.67. The molecule has 0 aromatic rings. The zero-order valence-corrected chi connectivity index (χ0v) is 19.0. The topological polar surface area (TPSA) is 54.4 Å². The van der Waals surface area contributed by atoms with Gasteiger partial charge in [0.1, 0.15) is 0 Å². The summed E-state index contributed by atoms with van der Waals surface area (Å²) in [5.41, 5.74) is 0. The van der Waals surface area contributed by atoms with Gasteiger partial charge in [0, 0.05) is 5.25 Å². The minimum Gasteiger partial charge on any atom is -0.285 e. The smallest absolute Gasteiger partial charge is 0.267 e. The van der Waals surface area contributed by atoms with Crippen molar-refractivity contribution >= 4 is 22.7 Å². The van der Waals surface area contributed by atoms with Crippen LogP contribution in [0, 0.1) is 0 Å². The van der Waals surface area contributed by atoms with E-state index in [2.05, 4.69) is 19.6 Å². The molecular formula is C21H44O3S2. The molecule has 1 N–H and O–H groups in total. The van der Waals surface area contributed by atoms with Crippen LogP contribution < -0.4 is 0 Å². The molecule has 2 atom stereocenters. The molecule has 0 heterocycles. The Labute approximate surface area is 169 Å². The van der Waals surface area contributed by atoms with E-state index in [1.165, 1.54) is 83.5 Å². The van der Waals surface area contributed by atoms with Crippen molar-refractivity contribution in [2.24, 2.45) is 0 Å². The molecule has 0 aliphatic carbocycles. The first kappa shape index (κ1) is 26.3. The van der Waals surface area contributed by atoms with Gasteiger partial charge in [0.2, 0.25) is 0 Å². The number of thiol groups is 1. The summed E-state index contributed by atoms with van der Waals surface area (Å²) in [6.07, 6.45) is 20.4. The predicted molar refractivity (Wildman–Crippen MR) is 118 cm³/mol. The molecule has 0 aliphatic heterocycles. The Bertz CT molecular complexity index is 396. The Morgan fingerprint density at radius 2 is 1.12 bits per heavy atom. The van der Waals surface area contributed by atoms with Crippen molar-refractivity contribution in [1.29, 1.82) is 0 Å². The van der Waals surface area contributed by atoms with Crippen LogP contribution in [-0.2, 0) is 10.1 Å². The van der Waals surface area contributed by atoms with Crippen LogP contribution in [0.3, 0.4) is 0 Å². The highest BCUT2D eigenvalue weighted by Gasteiger charge is 2.21. The molecule has 0 aliphatic rings. The summed E-state index contributed by atoms with van der Waals surface area (Å²) in [5.74, 6) is 0. The van der Waals surface area contributed by atoms with Gasteiger partial charge in [0.15, 0.2) is 0 Å². The van der Waals surface area contributed by atoms with Gasteiger partial charge in [-0.1, -0.05) is 97.3 Å². The molecule has 0 bridgehead atoms. The molecule has 0 saturated carbocycles. The molecule has 0 aromatic carbocycles. The van der Waals surface area contributed by atoms with Gasteiger partial charge >= 0.3 is 0 Å². The van der Waals surface area contributed by atoms with Gasteiger partial charge in [-0.3, -0.25) is 4.55 Å². The Hall–Kier alpha value is 0.260. The number of rotatable bonds is 19. The van der Waals surface area contributed by atoms with Crippen molar-refractivity contribution in [3.05, 3.63) is 0 Å². The number of hydrogen-bond donors (Lipinski definition) is 2. The molecule has 0 radical (unpaired) electrons. The highest BCUT2D eigenvalue weighted by Crippen LogP contribution is 2.20. The molecule has 0 fully saturated rings. The number of unbranched alkanes of at least 4 members (excludes halogenated alkanes) is 12. The van der Waals surface area contributed by atoms with Crippen molar-refractivity contribution in [2.45, 2.75) is 134 Å². The lowest BCUT2D eigenvalue weighted by atomic mass is 10.0. The predicted octanol–water partition coefficient (Wildman–Crippen LogP) is 7.21. The Morgan fingerprint density at radius 1 is 0.692 bits per heavy atom. The first-order valence-electron chi connectivity index (χ1n) is 11.1. The lowest BCUT2D eigenvalue weighted by molar-refractivity contribution is 0.453. The molecule has 0 aromatic heterocycles. The average molecular weight is 409 g/mol. The first-order chi connectivity index (χ1) is 12.4. The Kier molecular flexibility index (Phi) is 17.5. The molecule has 2 unspecified atom stereocenters. The van der Waals surface area contributed by atoms with Crippen LogP contribution >= 0.6 is 12.6 Å². The second-order valence-corrected chi connectivity index (χ2v) is 10.2. The van der Waals surface area contributed by atoms with Gasteiger partial charge in [0.25, 0.3) is 10.1 Å². The van der Waals surface area contributed by atoms with Gasteiger partial charge < -0.3 is 0 Å². The summed E-state index contributed by atoms with van der Waals surface area (Å²) < 4.78 is 31.5. The van der Waals surface area contributed by atoms with Crippen molar-refractivity contribution < 1.29 is 13.0 Å². The summed E-state index contributed by atoms with van der Waals surface area (Å²) in [6, 6.07) is 0. The van der Waals surface area contributed by atoms with Gasteiger partial charge in [-0.25, -0.2) is 0 Å². The van der Waals surface area contributed by atoms with Crippen molar-refractivity contribution in [1.82, 2.24) is 0 Å². The summed E-state index contributed by atoms with van der Waals surface area (Å²) >= 11 is 4.57. The fourth-order valence-electron chi connectivity index (χ4n) is 3.48. The maximum atomic E-state index is 11.2. The van der Waals surface area contributed by atoms with Gasteiger partial charge in [-0.15, -0.1) is 0 Å². The Morgan fingerprint density at radius 3 is 1.50 bits per heavy atom. The summed E-state index contributed by atoms with van der Waals surface area (Å²) in [7, 11) is -3.89. The molecule has 158 valence electrons. The first-order valence-corrected chi connectivity index (χ1v) is 13.1. The fraction of sp³-hybridized carbons (Fsp3) is 1.00. The molecule has 0 amide bonds. The largest absolute Gasteiger partial charge is 0.285 e. The summed E-state index contributed by atoms with van der Waals surface area (Å²) in [5, 5.41) is -0.373. The highest BCUT2D eigenvalue weighted by atomic mass is 32.2. The molecule has 26 heavy (non-hydrogen) atoms. The van der Waals surface area contributed by atoms with E-state index in [4.69, 9.17) is 4.55 Å². The van der Waals surface area contributed by atoms with E-state index in [0.29, 0.717) is 12.8 Å². The second-order valence-electron chi connectivity index (χ2n) is 7.81. The van der Waals surface area contributed by atoms with E-state index in [0.717, 1.165) is 12.8 Å². The average Bonchev–Trinajstić information content (AvgIpc) is 2.58. The maximum Gasteiger partial charge on any atom is 0.267 e. The van der Waals surface area contributed by atoms with Crippen LogP contribution in [0.25, 0.3) is 0 Å². The van der Waals surface area contributed by atoms with E-state index in [-0.39, 0.29) is 5.25 Å². The normalized spacial score (nSPS) is 14.5. The lowest BCUT2D eigenvalue weighted by Crippen LogP contribution is -2.20. The van der Waals surface area contributed by atoms with Crippen molar-refractivity contribution in [3.63, 3.8) is 0 Å². The molecule has 0 rings (SSSR count). The molecule has 3 nitrogen and oxygen atoms in total. The van der Waals surface area contributed by atoms with Crippen LogP contribution in [0.4, 0.5) is 0 Å². The van der Waals surface area contributed by atoms with Gasteiger partial charge in [0.05, 0.1) is 5.25 Å². The molecule has 5 heteroatoms. The van der Waals surface area contributed by atoms with E-state index >= 15 is 0 Å². The molecular weight excluding hydrogens is 364 g/mol. The van der Waals surface area contributed by atoms with Crippen molar-refractivity contribution in [3.8, 4) is 0 Å². The minimum atomic E-state index is -3.89. The molecule has 0 saturated heterocycles. The van der Waals surface area contributed by atoms with Crippen LogP contribution in [0.15, 0.2) is 0 Å². The SMILES string of the molecule is CCCCCCCCCCCCCCCC(S)CCC(CC)S(=O)(=O)O. The van der Waals surface area contributed by atoms with Crippen LogP contribution in [0.5, 0.6) is 0 Å². The number of hydrogen-bond acceptors (Lipinski definition) is 3. The van der Waals surface area contributed by atoms with E-state index < -0.39 is 15.4 Å². The summed E-state index contributed by atoms with van der Waals surface area (Å²) in [6.45, 7) is 4.07. The zero-order chi connectivity index (χ0) is 19.7. The van der Waals surface area contributed by atoms with Gasteiger partial charge in [-0.05, 0) is 25.7 Å². The maximum absolute atomic E-state index is 11.2. The van der Waals surface area contributed by atoms with Crippen LogP contribution in [0.1, 0.15) is 123 Å². The highest BCUT2D eigenvalue weighted by molar-refractivity contribution is 7.86. The Balaban J connectivity index is 3.39. The third kappa shape index (κ3) is 16.4. The zero-order valence-electron chi connectivity index (χ0n) is 17.3. The second kappa shape index (κ2) is 17.4. The van der Waals surface area contributed by atoms with E-state index in [1.54, 1.807) is 6.92 Å². The molecule has 0 spiro atoms. The van der Waals surface area contributed by atoms with E-state index in [1.807, 2.05) is 0 Å². The standard InChI is InChI=1S/C21H44O3S2/c1-3-5-6-7-8-9-10-11-12-13-14-15-16-17-20(25)18-19-21(4-2)26(22,23)24/h20-21,25H,3-19H2,1-2H3,(H,22,23,24). The van der Waals surface area contributed by atoms with E-state index in [9.17, 15) is 8.42 Å². The van der Waals surface area contributed by atoms with Crippen molar-refractivity contribution in [2.75, 3.05) is 0 Å². The lowest BCUT2D eigenvalue weighted by Gasteiger charge is -2.15. The summed E-state index contributed by atoms with van der Waals surface area (Å²) in [4.78, 5) is 0.